The minimum Gasteiger partial charge on any atom is -0.425 e. The minimum atomic E-state index is -0.890. The molecule has 0 spiro atoms. The van der Waals surface area contributed by atoms with Gasteiger partial charge in [0.05, 0.1) is 0 Å². The molecule has 9 nitrogen and oxygen atoms in total. The van der Waals surface area contributed by atoms with E-state index in [2.05, 4.69) is 0 Å². The van der Waals surface area contributed by atoms with Crippen LogP contribution in [0.4, 0.5) is 0 Å². The maximum absolute atomic E-state index is 11.3. The first-order chi connectivity index (χ1) is 13.9. The fourth-order valence-corrected chi connectivity index (χ4v) is 2.14. The van der Waals surface area contributed by atoms with Crippen LogP contribution >= 0.6 is 0 Å². The van der Waals surface area contributed by atoms with Gasteiger partial charge in [-0.15, -0.1) is 0 Å². The van der Waals surface area contributed by atoms with Gasteiger partial charge in [-0.25, -0.2) is 14.4 Å². The van der Waals surface area contributed by atoms with Gasteiger partial charge in [0, 0.05) is 6.07 Å². The van der Waals surface area contributed by atoms with Crippen LogP contribution in [0.25, 0.3) is 12.2 Å². The number of carbonyl (C=O) groups is 3. The molecular formula is C20H18O9. The second kappa shape index (κ2) is 10.7. The maximum atomic E-state index is 11.3. The second-order valence-corrected chi connectivity index (χ2v) is 5.54. The largest absolute Gasteiger partial charge is 0.425 e. The molecule has 0 fully saturated rings. The van der Waals surface area contributed by atoms with Gasteiger partial charge >= 0.3 is 17.9 Å². The lowest BCUT2D eigenvalue weighted by atomic mass is 10.1. The molecule has 3 N–H and O–H groups in total. The third-order valence-corrected chi connectivity index (χ3v) is 3.33. The molecule has 0 saturated carbocycles. The molecule has 0 aliphatic carbocycles. The van der Waals surface area contributed by atoms with E-state index in [4.69, 9.17) is 29.5 Å². The number of aliphatic hydroxyl groups excluding tert-OH is 3. The smallest absolute Gasteiger partial charge is 0.337 e. The normalized spacial score (nSPS) is 10.6. The van der Waals surface area contributed by atoms with Gasteiger partial charge in [0.2, 0.25) is 0 Å². The summed E-state index contributed by atoms with van der Waals surface area (Å²) < 4.78 is 14.7. The van der Waals surface area contributed by atoms with E-state index in [1.165, 1.54) is 18.2 Å². The van der Waals surface area contributed by atoms with Crippen molar-refractivity contribution in [2.24, 2.45) is 0 Å². The zero-order chi connectivity index (χ0) is 21.2. The van der Waals surface area contributed by atoms with Gasteiger partial charge in [0.1, 0.15) is 37.1 Å². The van der Waals surface area contributed by atoms with E-state index in [1.54, 1.807) is 36.4 Å². The van der Waals surface area contributed by atoms with Crippen molar-refractivity contribution in [1.29, 1.82) is 0 Å². The monoisotopic (exact) mass is 402 g/mol. The first-order valence-corrected chi connectivity index (χ1v) is 8.31. The Hall–Kier alpha value is -3.53. The van der Waals surface area contributed by atoms with Gasteiger partial charge in [-0.05, 0) is 35.4 Å². The predicted molar refractivity (Wildman–Crippen MR) is 100.0 cm³/mol. The van der Waals surface area contributed by atoms with Crippen molar-refractivity contribution >= 4 is 30.1 Å². The van der Waals surface area contributed by atoms with Gasteiger partial charge in [-0.3, -0.25) is 0 Å². The van der Waals surface area contributed by atoms with E-state index in [0.29, 0.717) is 5.56 Å². The highest BCUT2D eigenvalue weighted by Gasteiger charge is 2.09. The number of rotatable bonds is 8. The molecule has 0 aliphatic heterocycles. The molecule has 0 unspecified atom stereocenters. The summed E-state index contributed by atoms with van der Waals surface area (Å²) in [5.74, 6) is -2.20. The number of aliphatic hydroxyl groups is 3. The van der Waals surface area contributed by atoms with Crippen molar-refractivity contribution in [3.05, 3.63) is 53.6 Å². The second-order valence-electron chi connectivity index (χ2n) is 5.54. The number of hydrogen-bond acceptors (Lipinski definition) is 9. The van der Waals surface area contributed by atoms with Crippen LogP contribution in [0.5, 0.6) is 17.2 Å². The fraction of sp³-hybridized carbons (Fsp3) is 0.150. The molecule has 2 aromatic carbocycles. The summed E-state index contributed by atoms with van der Waals surface area (Å²) in [5.41, 5.74) is 1.24. The van der Waals surface area contributed by atoms with Gasteiger partial charge in [-0.2, -0.15) is 0 Å². The first kappa shape index (κ1) is 21.8. The van der Waals surface area contributed by atoms with E-state index < -0.39 is 37.7 Å². The number of esters is 3. The summed E-state index contributed by atoms with van der Waals surface area (Å²) in [6, 6.07) is 10.7. The standard InChI is InChI=1S/C20H18O9/c21-10-18(24)27-15-5-3-13(4-6-15)1-2-14-7-16(28-19(25)11-22)9-17(8-14)29-20(26)12-23/h1-9,21-23H,10-12H2. The van der Waals surface area contributed by atoms with E-state index in [0.717, 1.165) is 5.56 Å². The molecule has 2 rings (SSSR count). The number of ether oxygens (including phenoxy) is 3. The molecule has 29 heavy (non-hydrogen) atoms. The maximum Gasteiger partial charge on any atom is 0.337 e. The number of carbonyl (C=O) groups excluding carboxylic acids is 3. The van der Waals surface area contributed by atoms with Gasteiger partial charge in [0.15, 0.2) is 0 Å². The Labute approximate surface area is 165 Å². The van der Waals surface area contributed by atoms with Gasteiger partial charge < -0.3 is 29.5 Å². The summed E-state index contributed by atoms with van der Waals surface area (Å²) in [6.07, 6.45) is 3.34. The fourth-order valence-electron chi connectivity index (χ4n) is 2.14. The molecule has 0 atom stereocenters. The molecule has 2 aromatic rings. The number of hydrogen-bond donors (Lipinski definition) is 3. The SMILES string of the molecule is O=C(CO)Oc1ccc(C=Cc2cc(OC(=O)CO)cc(OC(=O)CO)c2)cc1. The Morgan fingerprint density at radius 3 is 1.48 bits per heavy atom. The molecule has 0 saturated heterocycles. The molecule has 0 aliphatic rings. The van der Waals surface area contributed by atoms with Crippen LogP contribution in [0, 0.1) is 0 Å². The first-order valence-electron chi connectivity index (χ1n) is 8.31. The van der Waals surface area contributed by atoms with Crippen LogP contribution in [-0.4, -0.2) is 53.0 Å². The van der Waals surface area contributed by atoms with Crippen LogP contribution in [0.2, 0.25) is 0 Å². The summed E-state index contributed by atoms with van der Waals surface area (Å²) in [4.78, 5) is 33.7. The van der Waals surface area contributed by atoms with E-state index in [1.807, 2.05) is 0 Å². The summed E-state index contributed by atoms with van der Waals surface area (Å²) in [5, 5.41) is 26.3. The molecule has 0 amide bonds. The van der Waals surface area contributed by atoms with Gasteiger partial charge in [0.25, 0.3) is 0 Å². The van der Waals surface area contributed by atoms with Crippen LogP contribution < -0.4 is 14.2 Å². The van der Waals surface area contributed by atoms with Crippen molar-refractivity contribution < 1.29 is 43.9 Å². The van der Waals surface area contributed by atoms with Gasteiger partial charge in [-0.1, -0.05) is 24.3 Å². The zero-order valence-electron chi connectivity index (χ0n) is 15.1. The lowest BCUT2D eigenvalue weighted by molar-refractivity contribution is -0.138. The van der Waals surface area contributed by atoms with Crippen molar-refractivity contribution in [2.45, 2.75) is 0 Å². The quantitative estimate of drug-likeness (QED) is 0.328. The molecule has 0 aromatic heterocycles. The molecule has 152 valence electrons. The Balaban J connectivity index is 2.21. The van der Waals surface area contributed by atoms with Crippen LogP contribution in [0.3, 0.4) is 0 Å². The van der Waals surface area contributed by atoms with Crippen LogP contribution in [0.15, 0.2) is 42.5 Å². The minimum absolute atomic E-state index is 0.0400. The molecular weight excluding hydrogens is 384 g/mol. The number of benzene rings is 2. The summed E-state index contributed by atoms with van der Waals surface area (Å²) in [6.45, 7) is -2.36. The Kier molecular flexibility index (Phi) is 8.04. The summed E-state index contributed by atoms with van der Waals surface area (Å²) in [7, 11) is 0. The van der Waals surface area contributed by atoms with Crippen molar-refractivity contribution in [3.63, 3.8) is 0 Å². The lowest BCUT2D eigenvalue weighted by Gasteiger charge is -2.08. The highest BCUT2D eigenvalue weighted by atomic mass is 16.6. The van der Waals surface area contributed by atoms with Crippen molar-refractivity contribution in [3.8, 4) is 17.2 Å². The molecule has 0 radical (unpaired) electrons. The molecule has 9 heteroatoms. The Morgan fingerprint density at radius 2 is 1.03 bits per heavy atom. The predicted octanol–water partition coefficient (Wildman–Crippen LogP) is 0.550. The molecule has 0 bridgehead atoms. The third kappa shape index (κ3) is 7.18. The van der Waals surface area contributed by atoms with E-state index >= 15 is 0 Å². The zero-order valence-corrected chi connectivity index (χ0v) is 15.1. The van der Waals surface area contributed by atoms with E-state index in [9.17, 15) is 14.4 Å². The van der Waals surface area contributed by atoms with Crippen LogP contribution in [0.1, 0.15) is 11.1 Å². The highest BCUT2D eigenvalue weighted by Crippen LogP contribution is 2.25. The van der Waals surface area contributed by atoms with E-state index in [-0.39, 0.29) is 17.2 Å². The van der Waals surface area contributed by atoms with Crippen LogP contribution in [-0.2, 0) is 14.4 Å². The highest BCUT2D eigenvalue weighted by molar-refractivity contribution is 5.77. The topological polar surface area (TPSA) is 140 Å². The Morgan fingerprint density at radius 1 is 0.621 bits per heavy atom. The lowest BCUT2D eigenvalue weighted by Crippen LogP contribution is -2.14. The third-order valence-electron chi connectivity index (χ3n) is 3.33. The average molecular weight is 402 g/mol. The van der Waals surface area contributed by atoms with Crippen molar-refractivity contribution in [1.82, 2.24) is 0 Å². The van der Waals surface area contributed by atoms with Crippen molar-refractivity contribution in [2.75, 3.05) is 19.8 Å². The summed E-state index contributed by atoms with van der Waals surface area (Å²) >= 11 is 0. The Bertz CT molecular complexity index is 864. The average Bonchev–Trinajstić information content (AvgIpc) is 2.72. The molecule has 0 heterocycles.